The Morgan fingerprint density at radius 3 is 2.70 bits per heavy atom. The number of aromatic hydroxyl groups is 1. The first kappa shape index (κ1) is 8.07. The molecule has 3 heteroatoms. The molecule has 0 atom stereocenters. The van der Waals surface area contributed by atoms with Gasteiger partial charge in [0.2, 0.25) is 0 Å². The van der Waals surface area contributed by atoms with Gasteiger partial charge in [-0.25, -0.2) is 0 Å². The summed E-state index contributed by atoms with van der Waals surface area (Å²) in [5.74, 6) is 0.440. The summed E-state index contributed by atoms with van der Waals surface area (Å²) >= 11 is 2.25. The maximum absolute atomic E-state index is 9.25. The molecule has 0 saturated carbocycles. The Morgan fingerprint density at radius 2 is 2.20 bits per heavy atom. The Balaban J connectivity index is 3.09. The number of rotatable bonds is 1. The molecule has 1 rings (SSSR count). The van der Waals surface area contributed by atoms with Crippen LogP contribution in [-0.2, 0) is 6.04 Å². The fourth-order valence-electron chi connectivity index (χ4n) is 0.837. The van der Waals surface area contributed by atoms with Crippen LogP contribution in [0, 0.1) is 3.57 Å². The summed E-state index contributed by atoms with van der Waals surface area (Å²) in [6, 6.07) is 6.73. The van der Waals surface area contributed by atoms with Crippen molar-refractivity contribution in [2.75, 3.05) is 0 Å². The van der Waals surface area contributed by atoms with Crippen molar-refractivity contribution < 1.29 is 5.11 Å². The van der Waals surface area contributed by atoms with Crippen LogP contribution in [0.2, 0.25) is 0 Å². The third kappa shape index (κ3) is 1.73. The summed E-state index contributed by atoms with van der Waals surface area (Å²) in [4.78, 5) is 0. The van der Waals surface area contributed by atoms with Crippen molar-refractivity contribution in [2.24, 2.45) is 0 Å². The van der Waals surface area contributed by atoms with Gasteiger partial charge in [0, 0.05) is 13.8 Å². The highest BCUT2D eigenvalue weighted by molar-refractivity contribution is 14.1. The fraction of sp³-hybridized carbons (Fsp3) is 0.143. The van der Waals surface area contributed by atoms with Gasteiger partial charge in [-0.15, -0.1) is 0 Å². The molecule has 0 unspecified atom stereocenters. The SMILES string of the molecule is Oc1ccc(I)cc1C[SiH3]. The van der Waals surface area contributed by atoms with E-state index >= 15 is 0 Å². The van der Waals surface area contributed by atoms with Gasteiger partial charge in [0.05, 0.1) is 0 Å². The molecule has 1 aromatic carbocycles. The molecule has 54 valence electrons. The molecule has 0 saturated heterocycles. The van der Waals surface area contributed by atoms with E-state index in [1.807, 2.05) is 12.1 Å². The van der Waals surface area contributed by atoms with E-state index in [-0.39, 0.29) is 0 Å². The van der Waals surface area contributed by atoms with Crippen molar-refractivity contribution in [3.8, 4) is 5.75 Å². The molecular formula is C7H9IOSi. The Kier molecular flexibility index (Phi) is 2.73. The molecule has 0 heterocycles. The minimum Gasteiger partial charge on any atom is -0.508 e. The number of hydrogen-bond acceptors (Lipinski definition) is 1. The quantitative estimate of drug-likeness (QED) is 0.589. The Bertz CT molecular complexity index is 237. The maximum Gasteiger partial charge on any atom is 0.118 e. The van der Waals surface area contributed by atoms with Gasteiger partial charge in [-0.3, -0.25) is 0 Å². The van der Waals surface area contributed by atoms with Crippen molar-refractivity contribution in [3.05, 3.63) is 27.3 Å². The van der Waals surface area contributed by atoms with Crippen molar-refractivity contribution in [1.29, 1.82) is 0 Å². The van der Waals surface area contributed by atoms with Crippen LogP contribution in [0.5, 0.6) is 5.75 Å². The lowest BCUT2D eigenvalue weighted by Crippen LogP contribution is -1.84. The molecule has 10 heavy (non-hydrogen) atoms. The van der Waals surface area contributed by atoms with Crippen molar-refractivity contribution in [2.45, 2.75) is 6.04 Å². The third-order valence-electron chi connectivity index (χ3n) is 1.42. The van der Waals surface area contributed by atoms with Crippen LogP contribution in [0.15, 0.2) is 18.2 Å². The summed E-state index contributed by atoms with van der Waals surface area (Å²) in [7, 11) is 1.11. The van der Waals surface area contributed by atoms with Gasteiger partial charge in [-0.2, -0.15) is 0 Å². The number of phenols is 1. The maximum atomic E-state index is 9.25. The minimum atomic E-state index is 0.440. The summed E-state index contributed by atoms with van der Waals surface area (Å²) < 4.78 is 1.20. The molecule has 1 N–H and O–H groups in total. The molecule has 1 aromatic rings. The van der Waals surface area contributed by atoms with E-state index in [2.05, 4.69) is 22.6 Å². The number of halogens is 1. The van der Waals surface area contributed by atoms with Gasteiger partial charge in [0.1, 0.15) is 5.75 Å². The first-order chi connectivity index (χ1) is 4.74. The van der Waals surface area contributed by atoms with Gasteiger partial charge >= 0.3 is 0 Å². The van der Waals surface area contributed by atoms with Crippen LogP contribution in [0.4, 0.5) is 0 Å². The zero-order chi connectivity index (χ0) is 7.56. The van der Waals surface area contributed by atoms with E-state index in [0.717, 1.165) is 21.9 Å². The highest BCUT2D eigenvalue weighted by Gasteiger charge is 1.96. The van der Waals surface area contributed by atoms with Crippen LogP contribution >= 0.6 is 22.6 Å². The summed E-state index contributed by atoms with van der Waals surface area (Å²) in [6.07, 6.45) is 0. The van der Waals surface area contributed by atoms with E-state index in [1.165, 1.54) is 3.57 Å². The summed E-state index contributed by atoms with van der Waals surface area (Å²) in [5, 5.41) is 9.25. The molecule has 0 aliphatic carbocycles. The zero-order valence-electron chi connectivity index (χ0n) is 5.76. The van der Waals surface area contributed by atoms with E-state index in [1.54, 1.807) is 6.07 Å². The van der Waals surface area contributed by atoms with Crippen LogP contribution in [0.25, 0.3) is 0 Å². The van der Waals surface area contributed by atoms with Crippen LogP contribution in [0.3, 0.4) is 0 Å². The van der Waals surface area contributed by atoms with Crippen molar-refractivity contribution in [3.63, 3.8) is 0 Å². The highest BCUT2D eigenvalue weighted by Crippen LogP contribution is 2.18. The largest absolute Gasteiger partial charge is 0.508 e. The summed E-state index contributed by atoms with van der Waals surface area (Å²) in [5.41, 5.74) is 1.08. The van der Waals surface area contributed by atoms with Crippen LogP contribution in [-0.4, -0.2) is 15.3 Å². The summed E-state index contributed by atoms with van der Waals surface area (Å²) in [6.45, 7) is 0. The van der Waals surface area contributed by atoms with Gasteiger partial charge in [0.15, 0.2) is 0 Å². The van der Waals surface area contributed by atoms with E-state index < -0.39 is 0 Å². The molecule has 0 aliphatic heterocycles. The van der Waals surface area contributed by atoms with Crippen molar-refractivity contribution in [1.82, 2.24) is 0 Å². The second-order valence-corrected chi connectivity index (χ2v) is 4.08. The van der Waals surface area contributed by atoms with Gasteiger partial charge in [-0.1, -0.05) is 0 Å². The van der Waals surface area contributed by atoms with Gasteiger partial charge < -0.3 is 5.11 Å². The smallest absolute Gasteiger partial charge is 0.118 e. The Morgan fingerprint density at radius 1 is 1.50 bits per heavy atom. The average Bonchev–Trinajstić information content (AvgIpc) is 1.94. The zero-order valence-corrected chi connectivity index (χ0v) is 9.92. The molecule has 0 aromatic heterocycles. The van der Waals surface area contributed by atoms with E-state index in [4.69, 9.17) is 0 Å². The topological polar surface area (TPSA) is 20.2 Å². The lowest BCUT2D eigenvalue weighted by molar-refractivity contribution is 0.470. The lowest BCUT2D eigenvalue weighted by Gasteiger charge is -1.99. The second-order valence-electron chi connectivity index (χ2n) is 2.13. The molecule has 0 radical (unpaired) electrons. The van der Waals surface area contributed by atoms with Gasteiger partial charge in [0.25, 0.3) is 0 Å². The second kappa shape index (κ2) is 3.38. The number of hydrogen-bond donors (Lipinski definition) is 1. The molecule has 0 aliphatic rings. The first-order valence-electron chi connectivity index (χ1n) is 3.21. The molecular weight excluding hydrogens is 255 g/mol. The Hall–Kier alpha value is -0.0331. The Labute approximate surface area is 77.0 Å². The normalized spacial score (nSPS) is 10.1. The molecule has 1 nitrogen and oxygen atoms in total. The minimum absolute atomic E-state index is 0.440. The third-order valence-corrected chi connectivity index (χ3v) is 2.86. The number of benzene rings is 1. The monoisotopic (exact) mass is 264 g/mol. The lowest BCUT2D eigenvalue weighted by atomic mass is 10.2. The molecule has 0 bridgehead atoms. The molecule has 0 fully saturated rings. The van der Waals surface area contributed by atoms with Crippen molar-refractivity contribution >= 4 is 32.8 Å². The average molecular weight is 264 g/mol. The van der Waals surface area contributed by atoms with E-state index in [0.29, 0.717) is 5.75 Å². The highest BCUT2D eigenvalue weighted by atomic mass is 127. The van der Waals surface area contributed by atoms with Crippen LogP contribution < -0.4 is 0 Å². The standard InChI is InChI=1S/C7H9IOSi/c8-6-1-2-7(9)5(3-6)4-10/h1-3,9H,4H2,10H3. The predicted octanol–water partition coefficient (Wildman–Crippen LogP) is 0.862. The first-order valence-corrected chi connectivity index (χ1v) is 5.70. The van der Waals surface area contributed by atoms with E-state index in [9.17, 15) is 5.11 Å². The van der Waals surface area contributed by atoms with Gasteiger partial charge in [-0.05, 0) is 52.4 Å². The van der Waals surface area contributed by atoms with Crippen LogP contribution in [0.1, 0.15) is 5.56 Å². The predicted molar refractivity (Wildman–Crippen MR) is 54.5 cm³/mol. The fourth-order valence-corrected chi connectivity index (χ4v) is 1.96. The molecule has 0 amide bonds. The number of phenolic OH excluding ortho intramolecular Hbond substituents is 1. The molecule has 0 spiro atoms.